The van der Waals surface area contributed by atoms with Crippen molar-refractivity contribution in [3.05, 3.63) is 42.2 Å². The molecule has 2 aromatic rings. The number of fused-ring (bicyclic) bond motifs is 1. The number of benzene rings is 1. The number of nitrogens with zero attached hydrogens (tertiary/aromatic N) is 1. The molecular formula is C16H21N3O. The fourth-order valence-corrected chi connectivity index (χ4v) is 2.12. The van der Waals surface area contributed by atoms with Crippen molar-refractivity contribution in [3.8, 4) is 0 Å². The summed E-state index contributed by atoms with van der Waals surface area (Å²) < 4.78 is 0. The zero-order valence-electron chi connectivity index (χ0n) is 11.9. The van der Waals surface area contributed by atoms with Gasteiger partial charge in [0.05, 0.1) is 0 Å². The van der Waals surface area contributed by atoms with E-state index in [0.29, 0.717) is 13.0 Å². The zero-order chi connectivity index (χ0) is 14.2. The number of amides is 1. The fraction of sp³-hybridized carbons (Fsp3) is 0.375. The molecule has 1 aromatic carbocycles. The van der Waals surface area contributed by atoms with Crippen LogP contribution < -0.4 is 10.6 Å². The summed E-state index contributed by atoms with van der Waals surface area (Å²) in [6, 6.07) is 8.23. The Balaban J connectivity index is 1.83. The van der Waals surface area contributed by atoms with Gasteiger partial charge in [-0.1, -0.05) is 25.1 Å². The predicted molar refractivity (Wildman–Crippen MR) is 81.4 cm³/mol. The van der Waals surface area contributed by atoms with Crippen LogP contribution >= 0.6 is 0 Å². The average molecular weight is 271 g/mol. The van der Waals surface area contributed by atoms with Gasteiger partial charge in [0.1, 0.15) is 0 Å². The third-order valence-electron chi connectivity index (χ3n) is 3.19. The van der Waals surface area contributed by atoms with E-state index in [9.17, 15) is 4.79 Å². The second-order valence-corrected chi connectivity index (χ2v) is 4.79. The Hall–Kier alpha value is -1.94. The molecule has 1 amide bonds. The topological polar surface area (TPSA) is 54.0 Å². The Labute approximate surface area is 119 Å². The summed E-state index contributed by atoms with van der Waals surface area (Å²) in [5, 5.41) is 8.55. The van der Waals surface area contributed by atoms with E-state index in [2.05, 4.69) is 27.8 Å². The van der Waals surface area contributed by atoms with Gasteiger partial charge in [0.15, 0.2) is 0 Å². The molecule has 1 heterocycles. The molecule has 4 heteroatoms. The Bertz CT molecular complexity index is 563. The summed E-state index contributed by atoms with van der Waals surface area (Å²) in [4.78, 5) is 15.6. The van der Waals surface area contributed by atoms with E-state index in [1.54, 1.807) is 0 Å². The minimum absolute atomic E-state index is 0.112. The lowest BCUT2D eigenvalue weighted by molar-refractivity contribution is -0.120. The van der Waals surface area contributed by atoms with Gasteiger partial charge < -0.3 is 10.6 Å². The molecule has 0 saturated heterocycles. The third-order valence-corrected chi connectivity index (χ3v) is 3.19. The van der Waals surface area contributed by atoms with Gasteiger partial charge in [0.2, 0.25) is 5.91 Å². The molecule has 0 saturated carbocycles. The van der Waals surface area contributed by atoms with E-state index in [1.165, 1.54) is 10.9 Å². The highest BCUT2D eigenvalue weighted by Crippen LogP contribution is 2.16. The van der Waals surface area contributed by atoms with Gasteiger partial charge in [-0.2, -0.15) is 0 Å². The van der Waals surface area contributed by atoms with Crippen molar-refractivity contribution < 1.29 is 4.79 Å². The highest BCUT2D eigenvalue weighted by atomic mass is 16.1. The molecular weight excluding hydrogens is 250 g/mol. The van der Waals surface area contributed by atoms with Crippen LogP contribution in [0.25, 0.3) is 10.8 Å². The lowest BCUT2D eigenvalue weighted by Gasteiger charge is -2.08. The van der Waals surface area contributed by atoms with Crippen LogP contribution in [0, 0.1) is 0 Å². The first-order chi connectivity index (χ1) is 9.81. The van der Waals surface area contributed by atoms with Crippen LogP contribution in [0.2, 0.25) is 0 Å². The van der Waals surface area contributed by atoms with Gasteiger partial charge in [-0.3, -0.25) is 9.78 Å². The molecule has 2 rings (SSSR count). The molecule has 0 aliphatic rings. The number of hydrogen-bond donors (Lipinski definition) is 2. The molecule has 0 unspecified atom stereocenters. The first kappa shape index (κ1) is 14.5. The van der Waals surface area contributed by atoms with Gasteiger partial charge in [-0.25, -0.2) is 0 Å². The van der Waals surface area contributed by atoms with Gasteiger partial charge in [-0.15, -0.1) is 0 Å². The lowest BCUT2D eigenvalue weighted by Crippen LogP contribution is -2.28. The number of rotatable bonds is 7. The van der Waals surface area contributed by atoms with Crippen molar-refractivity contribution in [1.29, 1.82) is 0 Å². The molecule has 0 atom stereocenters. The maximum Gasteiger partial charge on any atom is 0.221 e. The van der Waals surface area contributed by atoms with Crippen LogP contribution in [0.3, 0.4) is 0 Å². The summed E-state index contributed by atoms with van der Waals surface area (Å²) >= 11 is 0. The second kappa shape index (κ2) is 7.60. The highest BCUT2D eigenvalue weighted by Gasteiger charge is 2.02. The van der Waals surface area contributed by atoms with E-state index >= 15 is 0 Å². The SMILES string of the molecule is CCCNC(=O)CCNCc1cccc2cnccc12. The second-order valence-electron chi connectivity index (χ2n) is 4.79. The molecule has 0 radical (unpaired) electrons. The third kappa shape index (κ3) is 4.03. The Morgan fingerprint density at radius 2 is 2.15 bits per heavy atom. The van der Waals surface area contributed by atoms with E-state index in [1.807, 2.05) is 31.5 Å². The van der Waals surface area contributed by atoms with Crippen LogP contribution in [-0.2, 0) is 11.3 Å². The highest BCUT2D eigenvalue weighted by molar-refractivity contribution is 5.84. The van der Waals surface area contributed by atoms with Crippen molar-refractivity contribution in [3.63, 3.8) is 0 Å². The molecule has 4 nitrogen and oxygen atoms in total. The maximum atomic E-state index is 11.5. The number of hydrogen-bond acceptors (Lipinski definition) is 3. The lowest BCUT2D eigenvalue weighted by atomic mass is 10.1. The van der Waals surface area contributed by atoms with Crippen molar-refractivity contribution in [1.82, 2.24) is 15.6 Å². The zero-order valence-corrected chi connectivity index (χ0v) is 11.9. The van der Waals surface area contributed by atoms with Crippen molar-refractivity contribution in [2.45, 2.75) is 26.3 Å². The van der Waals surface area contributed by atoms with E-state index in [-0.39, 0.29) is 5.91 Å². The Kier molecular flexibility index (Phi) is 5.50. The molecule has 106 valence electrons. The summed E-state index contributed by atoms with van der Waals surface area (Å²) in [5.41, 5.74) is 1.24. The molecule has 0 aliphatic heterocycles. The van der Waals surface area contributed by atoms with E-state index < -0.39 is 0 Å². The minimum atomic E-state index is 0.112. The largest absolute Gasteiger partial charge is 0.356 e. The van der Waals surface area contributed by atoms with Crippen molar-refractivity contribution in [2.75, 3.05) is 13.1 Å². The molecule has 0 fully saturated rings. The molecule has 0 bridgehead atoms. The van der Waals surface area contributed by atoms with E-state index in [4.69, 9.17) is 0 Å². The summed E-state index contributed by atoms with van der Waals surface area (Å²) in [7, 11) is 0. The monoisotopic (exact) mass is 271 g/mol. The van der Waals surface area contributed by atoms with Gasteiger partial charge in [0.25, 0.3) is 0 Å². The maximum absolute atomic E-state index is 11.5. The van der Waals surface area contributed by atoms with Crippen molar-refractivity contribution in [2.24, 2.45) is 0 Å². The van der Waals surface area contributed by atoms with E-state index in [0.717, 1.165) is 24.9 Å². The van der Waals surface area contributed by atoms with Crippen LogP contribution in [-0.4, -0.2) is 24.0 Å². The van der Waals surface area contributed by atoms with Crippen LogP contribution in [0.5, 0.6) is 0 Å². The molecule has 2 N–H and O–H groups in total. The quantitative estimate of drug-likeness (QED) is 0.759. The minimum Gasteiger partial charge on any atom is -0.356 e. The molecule has 20 heavy (non-hydrogen) atoms. The standard InChI is InChI=1S/C16H21N3O/c1-2-8-19-16(20)7-10-18-12-14-5-3-4-13-11-17-9-6-15(13)14/h3-6,9,11,18H,2,7-8,10,12H2,1H3,(H,19,20). The normalized spacial score (nSPS) is 10.7. The first-order valence-electron chi connectivity index (χ1n) is 7.10. The van der Waals surface area contributed by atoms with Crippen LogP contribution in [0.4, 0.5) is 0 Å². The van der Waals surface area contributed by atoms with Gasteiger partial charge in [0, 0.05) is 43.8 Å². The Morgan fingerprint density at radius 3 is 3.00 bits per heavy atom. The molecule has 0 spiro atoms. The summed E-state index contributed by atoms with van der Waals surface area (Å²) in [6.07, 6.45) is 5.18. The molecule has 1 aromatic heterocycles. The number of nitrogens with one attached hydrogen (secondary N) is 2. The van der Waals surface area contributed by atoms with Crippen LogP contribution in [0.15, 0.2) is 36.7 Å². The summed E-state index contributed by atoms with van der Waals surface area (Å²) in [5.74, 6) is 0.112. The smallest absolute Gasteiger partial charge is 0.221 e. The Morgan fingerprint density at radius 1 is 1.25 bits per heavy atom. The summed E-state index contributed by atoms with van der Waals surface area (Å²) in [6.45, 7) is 4.27. The predicted octanol–water partition coefficient (Wildman–Crippen LogP) is 2.24. The number of aromatic nitrogens is 1. The van der Waals surface area contributed by atoms with Crippen molar-refractivity contribution >= 4 is 16.7 Å². The fourth-order valence-electron chi connectivity index (χ4n) is 2.12. The molecule has 0 aliphatic carbocycles. The number of pyridine rings is 1. The first-order valence-corrected chi connectivity index (χ1v) is 7.10. The average Bonchev–Trinajstić information content (AvgIpc) is 2.49. The van der Waals surface area contributed by atoms with Gasteiger partial charge in [-0.05, 0) is 23.4 Å². The number of carbonyl (C=O) groups excluding carboxylic acids is 1. The van der Waals surface area contributed by atoms with Gasteiger partial charge >= 0.3 is 0 Å². The van der Waals surface area contributed by atoms with Crippen LogP contribution in [0.1, 0.15) is 25.3 Å². The number of carbonyl (C=O) groups is 1.